The van der Waals surface area contributed by atoms with Crippen LogP contribution in [0, 0.1) is 6.92 Å². The highest BCUT2D eigenvalue weighted by molar-refractivity contribution is 5.25. The molecule has 0 aliphatic heterocycles. The molecule has 1 aromatic heterocycles. The highest BCUT2D eigenvalue weighted by Gasteiger charge is 2.17. The molecule has 0 aliphatic rings. The van der Waals surface area contributed by atoms with Crippen LogP contribution < -0.4 is 0 Å². The minimum Gasteiger partial charge on any atom is -0.378 e. The van der Waals surface area contributed by atoms with Crippen molar-refractivity contribution in [3.05, 3.63) is 83.0 Å². The predicted octanol–water partition coefficient (Wildman–Crippen LogP) is 3.05. The number of nitrogens with zero attached hydrogens (tertiary/aromatic N) is 2. The van der Waals surface area contributed by atoms with Gasteiger partial charge < -0.3 is 9.63 Å². The lowest BCUT2D eigenvalue weighted by Gasteiger charge is -2.04. The van der Waals surface area contributed by atoms with Crippen molar-refractivity contribution in [3.63, 3.8) is 0 Å². The smallest absolute Gasteiger partial charge is 0.260 e. The van der Waals surface area contributed by atoms with Crippen LogP contribution in [0.3, 0.4) is 0 Å². The van der Waals surface area contributed by atoms with E-state index in [0.29, 0.717) is 12.2 Å². The van der Waals surface area contributed by atoms with Crippen LogP contribution in [0.2, 0.25) is 0 Å². The lowest BCUT2D eigenvalue weighted by atomic mass is 10.1. The third-order valence-corrected chi connectivity index (χ3v) is 3.28. The number of aliphatic hydroxyl groups excluding tert-OH is 1. The van der Waals surface area contributed by atoms with E-state index in [-0.39, 0.29) is 5.89 Å². The van der Waals surface area contributed by atoms with E-state index in [1.807, 2.05) is 55.5 Å². The van der Waals surface area contributed by atoms with Gasteiger partial charge in [-0.1, -0.05) is 65.3 Å². The first-order valence-electron chi connectivity index (χ1n) is 6.83. The average molecular weight is 280 g/mol. The summed E-state index contributed by atoms with van der Waals surface area (Å²) >= 11 is 0. The number of hydrogen-bond donors (Lipinski definition) is 1. The average Bonchev–Trinajstić information content (AvgIpc) is 2.96. The van der Waals surface area contributed by atoms with Crippen molar-refractivity contribution in [2.75, 3.05) is 0 Å². The number of hydrogen-bond acceptors (Lipinski definition) is 4. The van der Waals surface area contributed by atoms with Gasteiger partial charge in [-0.3, -0.25) is 0 Å². The largest absolute Gasteiger partial charge is 0.378 e. The number of rotatable bonds is 4. The van der Waals surface area contributed by atoms with Crippen molar-refractivity contribution in [2.24, 2.45) is 0 Å². The summed E-state index contributed by atoms with van der Waals surface area (Å²) in [6.07, 6.45) is -0.294. The van der Waals surface area contributed by atoms with Crippen molar-refractivity contribution in [1.82, 2.24) is 10.1 Å². The Labute approximate surface area is 123 Å². The number of benzene rings is 2. The molecule has 3 rings (SSSR count). The van der Waals surface area contributed by atoms with Gasteiger partial charge >= 0.3 is 0 Å². The SMILES string of the molecule is Cc1cccc(Cc2noc(C(O)c3ccccc3)n2)c1. The molecule has 1 heterocycles. The monoisotopic (exact) mass is 280 g/mol. The molecule has 0 saturated carbocycles. The van der Waals surface area contributed by atoms with E-state index < -0.39 is 6.10 Å². The second kappa shape index (κ2) is 5.89. The number of aromatic nitrogens is 2. The molecule has 21 heavy (non-hydrogen) atoms. The Morgan fingerprint density at radius 3 is 2.67 bits per heavy atom. The van der Waals surface area contributed by atoms with Gasteiger partial charge in [0.25, 0.3) is 5.89 Å². The van der Waals surface area contributed by atoms with E-state index >= 15 is 0 Å². The zero-order valence-corrected chi connectivity index (χ0v) is 11.7. The Morgan fingerprint density at radius 2 is 1.90 bits per heavy atom. The zero-order valence-electron chi connectivity index (χ0n) is 11.7. The van der Waals surface area contributed by atoms with Crippen molar-refractivity contribution in [2.45, 2.75) is 19.4 Å². The van der Waals surface area contributed by atoms with Gasteiger partial charge in [-0.15, -0.1) is 0 Å². The molecule has 1 N–H and O–H groups in total. The molecule has 0 saturated heterocycles. The van der Waals surface area contributed by atoms with Crippen molar-refractivity contribution in [3.8, 4) is 0 Å². The van der Waals surface area contributed by atoms with E-state index in [1.165, 1.54) is 5.56 Å². The molecule has 2 aromatic carbocycles. The maximum Gasteiger partial charge on any atom is 0.260 e. The van der Waals surface area contributed by atoms with Crippen LogP contribution in [-0.2, 0) is 6.42 Å². The van der Waals surface area contributed by atoms with Crippen LogP contribution in [0.5, 0.6) is 0 Å². The topological polar surface area (TPSA) is 59.2 Å². The highest BCUT2D eigenvalue weighted by atomic mass is 16.5. The van der Waals surface area contributed by atoms with Gasteiger partial charge in [0.1, 0.15) is 0 Å². The van der Waals surface area contributed by atoms with Gasteiger partial charge in [0.2, 0.25) is 0 Å². The molecule has 1 unspecified atom stereocenters. The van der Waals surface area contributed by atoms with Gasteiger partial charge in [0.05, 0.1) is 0 Å². The summed E-state index contributed by atoms with van der Waals surface area (Å²) < 4.78 is 5.17. The van der Waals surface area contributed by atoms with E-state index in [2.05, 4.69) is 16.2 Å². The first-order valence-corrected chi connectivity index (χ1v) is 6.83. The van der Waals surface area contributed by atoms with Gasteiger partial charge in [-0.2, -0.15) is 4.98 Å². The van der Waals surface area contributed by atoms with Crippen molar-refractivity contribution < 1.29 is 9.63 Å². The summed E-state index contributed by atoms with van der Waals surface area (Å²) in [7, 11) is 0. The lowest BCUT2D eigenvalue weighted by Crippen LogP contribution is -2.00. The Balaban J connectivity index is 1.77. The Kier molecular flexibility index (Phi) is 3.79. The van der Waals surface area contributed by atoms with Crippen LogP contribution in [0.1, 0.15) is 34.5 Å². The van der Waals surface area contributed by atoms with E-state index in [0.717, 1.165) is 11.1 Å². The molecule has 0 bridgehead atoms. The van der Waals surface area contributed by atoms with Gasteiger partial charge in [0, 0.05) is 6.42 Å². The summed E-state index contributed by atoms with van der Waals surface area (Å²) in [5, 5.41) is 14.2. The van der Waals surface area contributed by atoms with Crippen LogP contribution in [0.15, 0.2) is 59.1 Å². The van der Waals surface area contributed by atoms with Crippen LogP contribution in [0.4, 0.5) is 0 Å². The Morgan fingerprint density at radius 1 is 1.10 bits per heavy atom. The standard InChI is InChI=1S/C17H16N2O2/c1-12-6-5-7-13(10-12)11-15-18-17(21-19-15)16(20)14-8-3-2-4-9-14/h2-10,16,20H,11H2,1H3. The Bertz CT molecular complexity index is 722. The lowest BCUT2D eigenvalue weighted by molar-refractivity contribution is 0.170. The highest BCUT2D eigenvalue weighted by Crippen LogP contribution is 2.20. The van der Waals surface area contributed by atoms with E-state index in [4.69, 9.17) is 4.52 Å². The summed E-state index contributed by atoms with van der Waals surface area (Å²) in [5.74, 6) is 0.800. The fraction of sp³-hybridized carbons (Fsp3) is 0.176. The van der Waals surface area contributed by atoms with Crippen LogP contribution >= 0.6 is 0 Å². The quantitative estimate of drug-likeness (QED) is 0.798. The molecule has 0 radical (unpaired) electrons. The fourth-order valence-electron chi connectivity index (χ4n) is 2.23. The first-order chi connectivity index (χ1) is 10.2. The van der Waals surface area contributed by atoms with Gasteiger partial charge in [-0.25, -0.2) is 0 Å². The minimum absolute atomic E-state index is 0.226. The zero-order chi connectivity index (χ0) is 14.7. The first kappa shape index (κ1) is 13.5. The van der Waals surface area contributed by atoms with Crippen molar-refractivity contribution in [1.29, 1.82) is 0 Å². The second-order valence-electron chi connectivity index (χ2n) is 5.03. The molecule has 4 heteroatoms. The van der Waals surface area contributed by atoms with Crippen molar-refractivity contribution >= 4 is 0 Å². The summed E-state index contributed by atoms with van der Waals surface area (Å²) in [4.78, 5) is 4.28. The minimum atomic E-state index is -0.884. The molecular formula is C17H16N2O2. The molecule has 3 aromatic rings. The second-order valence-corrected chi connectivity index (χ2v) is 5.03. The number of aryl methyl sites for hydroxylation is 1. The molecule has 4 nitrogen and oxygen atoms in total. The maximum absolute atomic E-state index is 10.2. The third-order valence-electron chi connectivity index (χ3n) is 3.28. The van der Waals surface area contributed by atoms with Crippen LogP contribution in [0.25, 0.3) is 0 Å². The normalized spacial score (nSPS) is 12.3. The van der Waals surface area contributed by atoms with E-state index in [1.54, 1.807) is 0 Å². The summed E-state index contributed by atoms with van der Waals surface area (Å²) in [6.45, 7) is 2.05. The summed E-state index contributed by atoms with van der Waals surface area (Å²) in [5.41, 5.74) is 3.06. The molecule has 0 aliphatic carbocycles. The number of aliphatic hydroxyl groups is 1. The Hall–Kier alpha value is -2.46. The molecule has 0 fully saturated rings. The van der Waals surface area contributed by atoms with Crippen LogP contribution in [-0.4, -0.2) is 15.2 Å². The molecule has 0 amide bonds. The maximum atomic E-state index is 10.2. The predicted molar refractivity (Wildman–Crippen MR) is 78.8 cm³/mol. The molecule has 1 atom stereocenters. The van der Waals surface area contributed by atoms with Gasteiger partial charge in [-0.05, 0) is 18.1 Å². The molecular weight excluding hydrogens is 264 g/mol. The third kappa shape index (κ3) is 3.17. The molecule has 0 spiro atoms. The fourth-order valence-corrected chi connectivity index (χ4v) is 2.23. The van der Waals surface area contributed by atoms with Gasteiger partial charge in [0.15, 0.2) is 11.9 Å². The summed E-state index contributed by atoms with van der Waals surface area (Å²) in [6, 6.07) is 17.4. The van der Waals surface area contributed by atoms with E-state index in [9.17, 15) is 5.11 Å². The molecule has 106 valence electrons.